The molecule has 2 rings (SSSR count). The second kappa shape index (κ2) is 6.32. The predicted octanol–water partition coefficient (Wildman–Crippen LogP) is 5.03. The summed E-state index contributed by atoms with van der Waals surface area (Å²) < 4.78 is 2.60. The summed E-state index contributed by atoms with van der Waals surface area (Å²) in [6, 6.07) is 3.76. The van der Waals surface area contributed by atoms with E-state index >= 15 is 0 Å². The van der Waals surface area contributed by atoms with Gasteiger partial charge in [-0.15, -0.1) is 0 Å². The van der Waals surface area contributed by atoms with Crippen LogP contribution in [0, 0.1) is 0 Å². The van der Waals surface area contributed by atoms with Gasteiger partial charge in [0.15, 0.2) is 0 Å². The van der Waals surface area contributed by atoms with Gasteiger partial charge in [0.1, 0.15) is 4.60 Å². The van der Waals surface area contributed by atoms with Crippen molar-refractivity contribution in [1.29, 1.82) is 0 Å². The van der Waals surface area contributed by atoms with Crippen molar-refractivity contribution in [3.8, 4) is 0 Å². The molecule has 2 aromatic heterocycles. The molecule has 0 aliphatic carbocycles. The number of pyridine rings is 2. The van der Waals surface area contributed by atoms with E-state index < -0.39 is 0 Å². The second-order valence-corrected chi connectivity index (χ2v) is 6.39. The lowest BCUT2D eigenvalue weighted by atomic mass is 10.3. The summed E-state index contributed by atoms with van der Waals surface area (Å²) in [5.74, 6) is 0. The molecule has 0 aliphatic heterocycles. The van der Waals surface area contributed by atoms with E-state index in [0.29, 0.717) is 11.6 Å². The van der Waals surface area contributed by atoms with E-state index in [0.717, 1.165) is 24.9 Å². The molecular weight excluding hydrogens is 449 g/mol. The molecule has 0 aromatic carbocycles. The first-order valence-electron chi connectivity index (χ1n) is 4.91. The first-order chi connectivity index (χ1) is 8.56. The summed E-state index contributed by atoms with van der Waals surface area (Å²) in [6.45, 7) is 0.578. The molecule has 0 bridgehead atoms. The molecule has 0 saturated carbocycles. The molecule has 0 radical (unpaired) electrons. The third-order valence-corrected chi connectivity index (χ3v) is 4.09. The number of nitrogens with zero attached hydrogens (tertiary/aromatic N) is 2. The molecule has 1 N–H and O–H groups in total. The van der Waals surface area contributed by atoms with Crippen molar-refractivity contribution in [3.63, 3.8) is 0 Å². The van der Waals surface area contributed by atoms with E-state index in [9.17, 15) is 0 Å². The van der Waals surface area contributed by atoms with Gasteiger partial charge in [-0.1, -0.05) is 11.6 Å². The minimum Gasteiger partial charge on any atom is -0.377 e. The zero-order valence-corrected chi connectivity index (χ0v) is 14.4. The Bertz CT molecular complexity index is 577. The van der Waals surface area contributed by atoms with Gasteiger partial charge in [0.05, 0.1) is 22.9 Å². The largest absolute Gasteiger partial charge is 0.377 e. The molecule has 7 heteroatoms. The number of nitrogens with one attached hydrogen (secondary N) is 1. The van der Waals surface area contributed by atoms with Crippen LogP contribution in [0.2, 0.25) is 5.02 Å². The molecule has 2 heterocycles. The van der Waals surface area contributed by atoms with Gasteiger partial charge in [-0.2, -0.15) is 0 Å². The van der Waals surface area contributed by atoms with Crippen LogP contribution >= 0.6 is 59.4 Å². The fourth-order valence-corrected chi connectivity index (χ4v) is 2.94. The fraction of sp³-hybridized carbons (Fsp3) is 0.0909. The van der Waals surface area contributed by atoms with Crippen LogP contribution in [0.1, 0.15) is 5.69 Å². The Morgan fingerprint density at radius 3 is 2.61 bits per heavy atom. The van der Waals surface area contributed by atoms with Crippen molar-refractivity contribution in [2.45, 2.75) is 6.54 Å². The normalized spacial score (nSPS) is 10.4. The molecule has 0 spiro atoms. The lowest BCUT2D eigenvalue weighted by molar-refractivity contribution is 1.02. The third kappa shape index (κ3) is 3.66. The van der Waals surface area contributed by atoms with E-state index in [-0.39, 0.29) is 0 Å². The van der Waals surface area contributed by atoms with Crippen molar-refractivity contribution in [1.82, 2.24) is 9.97 Å². The summed E-state index contributed by atoms with van der Waals surface area (Å²) in [4.78, 5) is 8.43. The molecule has 18 heavy (non-hydrogen) atoms. The molecular formula is C11H7Br3ClN3. The highest BCUT2D eigenvalue weighted by atomic mass is 79.9. The molecule has 3 nitrogen and oxygen atoms in total. The van der Waals surface area contributed by atoms with Crippen LogP contribution in [-0.4, -0.2) is 9.97 Å². The van der Waals surface area contributed by atoms with Gasteiger partial charge in [0.2, 0.25) is 0 Å². The first kappa shape index (κ1) is 14.2. The maximum Gasteiger partial charge on any atom is 0.129 e. The van der Waals surface area contributed by atoms with Crippen molar-refractivity contribution >= 4 is 65.1 Å². The van der Waals surface area contributed by atoms with Crippen LogP contribution in [0.15, 0.2) is 38.1 Å². The molecule has 0 atom stereocenters. The standard InChI is InChI=1S/C11H7Br3ClN3/c12-6-1-8(13)10(16-3-6)5-17-9-2-7(15)4-18-11(9)14/h1-4,17H,5H2. The highest BCUT2D eigenvalue weighted by Gasteiger charge is 2.05. The van der Waals surface area contributed by atoms with Gasteiger partial charge < -0.3 is 5.32 Å². The molecule has 2 aromatic rings. The van der Waals surface area contributed by atoms with E-state index in [4.69, 9.17) is 11.6 Å². The lowest BCUT2D eigenvalue weighted by Crippen LogP contribution is -2.03. The highest BCUT2D eigenvalue weighted by Crippen LogP contribution is 2.25. The Labute approximate surface area is 135 Å². The van der Waals surface area contributed by atoms with Crippen molar-refractivity contribution in [3.05, 3.63) is 48.8 Å². The minimum atomic E-state index is 0.578. The van der Waals surface area contributed by atoms with E-state index in [1.54, 1.807) is 12.4 Å². The van der Waals surface area contributed by atoms with Gasteiger partial charge in [0.25, 0.3) is 0 Å². The highest BCUT2D eigenvalue weighted by molar-refractivity contribution is 9.11. The molecule has 0 fully saturated rings. The molecule has 0 saturated heterocycles. The van der Waals surface area contributed by atoms with E-state index in [2.05, 4.69) is 63.1 Å². The van der Waals surface area contributed by atoms with Crippen LogP contribution in [-0.2, 0) is 6.54 Å². The van der Waals surface area contributed by atoms with Crippen LogP contribution < -0.4 is 5.32 Å². The summed E-state index contributed by atoms with van der Waals surface area (Å²) in [5, 5.41) is 3.82. The first-order valence-corrected chi connectivity index (χ1v) is 7.67. The average Bonchev–Trinajstić information content (AvgIpc) is 2.32. The van der Waals surface area contributed by atoms with Crippen molar-refractivity contribution < 1.29 is 0 Å². The van der Waals surface area contributed by atoms with Crippen LogP contribution in [0.25, 0.3) is 0 Å². The van der Waals surface area contributed by atoms with Gasteiger partial charge in [-0.3, -0.25) is 4.98 Å². The average molecular weight is 456 g/mol. The van der Waals surface area contributed by atoms with Gasteiger partial charge in [0, 0.05) is 21.3 Å². The monoisotopic (exact) mass is 453 g/mol. The van der Waals surface area contributed by atoms with E-state index in [1.807, 2.05) is 12.1 Å². The number of halogens is 4. The summed E-state index contributed by atoms with van der Waals surface area (Å²) >= 11 is 16.1. The van der Waals surface area contributed by atoms with Crippen LogP contribution in [0.5, 0.6) is 0 Å². The molecule has 0 unspecified atom stereocenters. The zero-order valence-electron chi connectivity index (χ0n) is 8.92. The fourth-order valence-electron chi connectivity index (χ4n) is 1.30. The topological polar surface area (TPSA) is 37.8 Å². The van der Waals surface area contributed by atoms with Crippen molar-refractivity contribution in [2.24, 2.45) is 0 Å². The number of rotatable bonds is 3. The summed E-state index contributed by atoms with van der Waals surface area (Å²) in [5.41, 5.74) is 1.74. The minimum absolute atomic E-state index is 0.578. The number of aromatic nitrogens is 2. The van der Waals surface area contributed by atoms with E-state index in [1.165, 1.54) is 0 Å². The third-order valence-electron chi connectivity index (χ3n) is 2.14. The van der Waals surface area contributed by atoms with Crippen LogP contribution in [0.4, 0.5) is 5.69 Å². The summed E-state index contributed by atoms with van der Waals surface area (Å²) in [7, 11) is 0. The lowest BCUT2D eigenvalue weighted by Gasteiger charge is -2.09. The van der Waals surface area contributed by atoms with Gasteiger partial charge in [-0.05, 0) is 59.9 Å². The maximum atomic E-state index is 5.90. The smallest absolute Gasteiger partial charge is 0.129 e. The van der Waals surface area contributed by atoms with Crippen LogP contribution in [0.3, 0.4) is 0 Å². The predicted molar refractivity (Wildman–Crippen MR) is 83.9 cm³/mol. The quantitative estimate of drug-likeness (QED) is 0.659. The Kier molecular flexibility index (Phi) is 5.00. The molecule has 0 aliphatic rings. The van der Waals surface area contributed by atoms with Gasteiger partial charge >= 0.3 is 0 Å². The number of hydrogen-bond acceptors (Lipinski definition) is 3. The maximum absolute atomic E-state index is 5.90. The number of anilines is 1. The second-order valence-electron chi connectivity index (χ2n) is 3.43. The SMILES string of the molecule is Clc1cnc(Br)c(NCc2ncc(Br)cc2Br)c1. The Balaban J connectivity index is 2.13. The summed E-state index contributed by atoms with van der Waals surface area (Å²) in [6.07, 6.45) is 3.34. The Morgan fingerprint density at radius 2 is 1.89 bits per heavy atom. The molecule has 94 valence electrons. The number of hydrogen-bond donors (Lipinski definition) is 1. The Morgan fingerprint density at radius 1 is 1.11 bits per heavy atom. The Hall–Kier alpha value is -0.170. The van der Waals surface area contributed by atoms with Gasteiger partial charge in [-0.25, -0.2) is 4.98 Å². The zero-order chi connectivity index (χ0) is 13.1. The van der Waals surface area contributed by atoms with Crippen molar-refractivity contribution in [2.75, 3.05) is 5.32 Å². The molecule has 0 amide bonds.